The number of rotatable bonds is 13. The fourth-order valence-corrected chi connectivity index (χ4v) is 3.36. The number of hydrogen-bond donors (Lipinski definition) is 6. The van der Waals surface area contributed by atoms with Crippen molar-refractivity contribution in [3.05, 3.63) is 35.9 Å². The molecule has 10 heteroatoms. The van der Waals surface area contributed by atoms with Gasteiger partial charge in [-0.25, -0.2) is 4.79 Å². The van der Waals surface area contributed by atoms with Crippen molar-refractivity contribution in [2.45, 2.75) is 77.7 Å². The lowest BCUT2D eigenvalue weighted by Gasteiger charge is -2.27. The second-order valence-electron chi connectivity index (χ2n) is 9.28. The minimum Gasteiger partial charge on any atom is -0.480 e. The molecule has 0 saturated heterocycles. The van der Waals surface area contributed by atoms with Gasteiger partial charge in [-0.1, -0.05) is 58.0 Å². The number of aliphatic carboxylic acids is 1. The number of nitrogens with two attached hydrogens (primary N) is 1. The van der Waals surface area contributed by atoms with E-state index in [1.165, 1.54) is 6.92 Å². The Labute approximate surface area is 200 Å². The fourth-order valence-electron chi connectivity index (χ4n) is 3.36. The summed E-state index contributed by atoms with van der Waals surface area (Å²) >= 11 is 0. The van der Waals surface area contributed by atoms with Crippen LogP contribution in [0.4, 0.5) is 0 Å². The number of nitrogens with one attached hydrogen (secondary N) is 3. The van der Waals surface area contributed by atoms with Gasteiger partial charge >= 0.3 is 5.97 Å². The highest BCUT2D eigenvalue weighted by Crippen LogP contribution is 2.09. The highest BCUT2D eigenvalue weighted by Gasteiger charge is 2.33. The molecule has 0 spiro atoms. The number of carboxylic acids is 1. The van der Waals surface area contributed by atoms with Gasteiger partial charge in [-0.15, -0.1) is 0 Å². The van der Waals surface area contributed by atoms with E-state index < -0.39 is 54.0 Å². The van der Waals surface area contributed by atoms with Crippen LogP contribution in [0.3, 0.4) is 0 Å². The Morgan fingerprint density at radius 3 is 1.88 bits per heavy atom. The zero-order valence-electron chi connectivity index (χ0n) is 20.4. The number of aliphatic hydroxyl groups excluding tert-OH is 1. The molecule has 0 aliphatic heterocycles. The number of carbonyl (C=O) groups excluding carboxylic acids is 3. The quantitative estimate of drug-likeness (QED) is 0.235. The third-order valence-corrected chi connectivity index (χ3v) is 5.27. The Balaban J connectivity index is 2.92. The average molecular weight is 479 g/mol. The van der Waals surface area contributed by atoms with E-state index in [4.69, 9.17) is 5.73 Å². The van der Waals surface area contributed by atoms with E-state index in [9.17, 15) is 29.4 Å². The van der Waals surface area contributed by atoms with Crippen LogP contribution in [0.2, 0.25) is 0 Å². The van der Waals surface area contributed by atoms with Crippen LogP contribution >= 0.6 is 0 Å². The minimum atomic E-state index is -1.35. The van der Waals surface area contributed by atoms with Gasteiger partial charge in [0.1, 0.15) is 18.1 Å². The zero-order valence-corrected chi connectivity index (χ0v) is 20.4. The van der Waals surface area contributed by atoms with Crippen molar-refractivity contribution in [2.75, 3.05) is 0 Å². The van der Waals surface area contributed by atoms with Crippen LogP contribution in [0.25, 0.3) is 0 Å². The molecule has 0 saturated carbocycles. The molecule has 0 aromatic heterocycles. The molecule has 3 amide bonds. The molecule has 34 heavy (non-hydrogen) atoms. The van der Waals surface area contributed by atoms with E-state index in [1.807, 2.05) is 44.2 Å². The van der Waals surface area contributed by atoms with Crippen molar-refractivity contribution >= 4 is 23.7 Å². The predicted molar refractivity (Wildman–Crippen MR) is 128 cm³/mol. The lowest BCUT2D eigenvalue weighted by molar-refractivity contribution is -0.143. The molecule has 10 nitrogen and oxygen atoms in total. The second kappa shape index (κ2) is 13.7. The Morgan fingerprint density at radius 1 is 0.853 bits per heavy atom. The molecule has 0 heterocycles. The molecule has 5 unspecified atom stereocenters. The van der Waals surface area contributed by atoms with Gasteiger partial charge in [0.05, 0.1) is 12.1 Å². The van der Waals surface area contributed by atoms with E-state index in [0.717, 1.165) is 5.56 Å². The minimum absolute atomic E-state index is 0.00253. The summed E-state index contributed by atoms with van der Waals surface area (Å²) in [5.41, 5.74) is 6.82. The summed E-state index contributed by atoms with van der Waals surface area (Å²) in [7, 11) is 0. The van der Waals surface area contributed by atoms with E-state index in [2.05, 4.69) is 16.0 Å². The van der Waals surface area contributed by atoms with E-state index in [0.29, 0.717) is 0 Å². The van der Waals surface area contributed by atoms with Gasteiger partial charge in [0.2, 0.25) is 17.7 Å². The highest BCUT2D eigenvalue weighted by molar-refractivity contribution is 5.94. The summed E-state index contributed by atoms with van der Waals surface area (Å²) in [5.74, 6) is -3.60. The van der Waals surface area contributed by atoms with Gasteiger partial charge in [0, 0.05) is 0 Å². The molecular formula is C24H38N4O6. The van der Waals surface area contributed by atoms with Gasteiger partial charge < -0.3 is 31.9 Å². The summed E-state index contributed by atoms with van der Waals surface area (Å²) in [6.45, 7) is 8.35. The third kappa shape index (κ3) is 9.48. The van der Waals surface area contributed by atoms with Gasteiger partial charge in [-0.2, -0.15) is 0 Å². The SMILES string of the molecule is CC(C)CC(NC(=O)C(NC(=O)C(N)Cc1ccccc1)C(C)O)C(=O)NC(C(=O)O)C(C)C. The molecule has 7 N–H and O–H groups in total. The Hall–Kier alpha value is -2.98. The second-order valence-corrected chi connectivity index (χ2v) is 9.28. The molecule has 1 aromatic rings. The highest BCUT2D eigenvalue weighted by atomic mass is 16.4. The van der Waals surface area contributed by atoms with Crippen molar-refractivity contribution in [2.24, 2.45) is 17.6 Å². The van der Waals surface area contributed by atoms with Gasteiger partial charge in [-0.3, -0.25) is 14.4 Å². The molecule has 0 fully saturated rings. The number of amides is 3. The third-order valence-electron chi connectivity index (χ3n) is 5.27. The molecule has 0 bridgehead atoms. The predicted octanol–water partition coefficient (Wildman–Crippen LogP) is 0.178. The summed E-state index contributed by atoms with van der Waals surface area (Å²) in [4.78, 5) is 49.8. The van der Waals surface area contributed by atoms with Gasteiger partial charge in [0.25, 0.3) is 0 Å². The summed E-state index contributed by atoms with van der Waals surface area (Å²) < 4.78 is 0. The number of carbonyl (C=O) groups is 4. The first-order chi connectivity index (χ1) is 15.8. The van der Waals surface area contributed by atoms with Crippen molar-refractivity contribution in [3.63, 3.8) is 0 Å². The van der Waals surface area contributed by atoms with Crippen LogP contribution in [-0.4, -0.2) is 64.2 Å². The van der Waals surface area contributed by atoms with Crippen LogP contribution < -0.4 is 21.7 Å². The summed E-state index contributed by atoms with van der Waals surface area (Å²) in [6, 6.07) is 4.65. The first kappa shape index (κ1) is 29.1. The van der Waals surface area contributed by atoms with Crippen LogP contribution in [-0.2, 0) is 25.6 Å². The zero-order chi connectivity index (χ0) is 26.0. The van der Waals surface area contributed by atoms with Crippen molar-refractivity contribution in [1.82, 2.24) is 16.0 Å². The van der Waals surface area contributed by atoms with Crippen molar-refractivity contribution in [3.8, 4) is 0 Å². The molecule has 1 rings (SSSR count). The smallest absolute Gasteiger partial charge is 0.326 e. The Kier molecular flexibility index (Phi) is 11.7. The fraction of sp³-hybridized carbons (Fsp3) is 0.583. The molecule has 5 atom stereocenters. The maximum atomic E-state index is 12.9. The normalized spacial score (nSPS) is 15.7. The lowest BCUT2D eigenvalue weighted by atomic mass is 9.99. The van der Waals surface area contributed by atoms with E-state index in [1.54, 1.807) is 13.8 Å². The van der Waals surface area contributed by atoms with Crippen molar-refractivity contribution in [1.29, 1.82) is 0 Å². The summed E-state index contributed by atoms with van der Waals surface area (Å²) in [5, 5.41) is 27.0. The number of aliphatic hydroxyl groups is 1. The maximum absolute atomic E-state index is 12.9. The van der Waals surface area contributed by atoms with Gasteiger partial charge in [0.15, 0.2) is 0 Å². The molecule has 0 aliphatic carbocycles. The summed E-state index contributed by atoms with van der Waals surface area (Å²) in [6.07, 6.45) is -0.792. The average Bonchev–Trinajstić information content (AvgIpc) is 2.74. The van der Waals surface area contributed by atoms with Crippen LogP contribution in [0.15, 0.2) is 30.3 Å². The number of carboxylic acid groups (broad SMARTS) is 1. The molecule has 0 aliphatic rings. The standard InChI is InChI=1S/C24H38N4O6/c1-13(2)11-18(22(31)27-19(14(3)4)24(33)34)26-23(32)20(15(5)29)28-21(30)17(25)12-16-9-7-6-8-10-16/h6-10,13-15,17-20,29H,11-12,25H2,1-5H3,(H,26,32)(H,27,31)(H,28,30)(H,33,34). The monoisotopic (exact) mass is 478 g/mol. The van der Waals surface area contributed by atoms with Gasteiger partial charge in [-0.05, 0) is 37.2 Å². The van der Waals surface area contributed by atoms with E-state index in [-0.39, 0.29) is 24.7 Å². The topological polar surface area (TPSA) is 171 Å². The Morgan fingerprint density at radius 2 is 1.41 bits per heavy atom. The maximum Gasteiger partial charge on any atom is 0.326 e. The van der Waals surface area contributed by atoms with Crippen molar-refractivity contribution < 1.29 is 29.4 Å². The van der Waals surface area contributed by atoms with E-state index >= 15 is 0 Å². The van der Waals surface area contributed by atoms with Crippen LogP contribution in [0.5, 0.6) is 0 Å². The molecular weight excluding hydrogens is 440 g/mol. The first-order valence-corrected chi connectivity index (χ1v) is 11.4. The Bertz CT molecular complexity index is 828. The van der Waals surface area contributed by atoms with Crippen LogP contribution in [0, 0.1) is 11.8 Å². The first-order valence-electron chi connectivity index (χ1n) is 11.4. The number of benzene rings is 1. The number of hydrogen-bond acceptors (Lipinski definition) is 6. The molecule has 190 valence electrons. The molecule has 1 aromatic carbocycles. The lowest BCUT2D eigenvalue weighted by Crippen LogP contribution is -2.60. The largest absolute Gasteiger partial charge is 0.480 e. The van der Waals surface area contributed by atoms with Crippen LogP contribution in [0.1, 0.15) is 46.6 Å². The molecule has 0 radical (unpaired) electrons.